The van der Waals surface area contributed by atoms with E-state index in [1.165, 1.54) is 0 Å². The highest BCUT2D eigenvalue weighted by Crippen LogP contribution is 2.21. The first-order valence-electron chi connectivity index (χ1n) is 6.47. The quantitative estimate of drug-likeness (QED) is 0.659. The van der Waals surface area contributed by atoms with Gasteiger partial charge in [0.05, 0.1) is 25.0 Å². The molecule has 2 amide bonds. The molecule has 2 fully saturated rings. The van der Waals surface area contributed by atoms with E-state index < -0.39 is 0 Å². The van der Waals surface area contributed by atoms with Crippen LogP contribution in [0.5, 0.6) is 0 Å². The fourth-order valence-corrected chi connectivity index (χ4v) is 2.66. The first-order chi connectivity index (χ1) is 8.63. The van der Waals surface area contributed by atoms with Crippen molar-refractivity contribution in [3.8, 4) is 0 Å². The molecule has 0 aromatic rings. The van der Waals surface area contributed by atoms with E-state index in [-0.39, 0.29) is 29.7 Å². The third-order valence-electron chi connectivity index (χ3n) is 3.79. The van der Waals surface area contributed by atoms with Gasteiger partial charge in [-0.25, -0.2) is 0 Å². The van der Waals surface area contributed by atoms with Gasteiger partial charge in [-0.2, -0.15) is 0 Å². The van der Waals surface area contributed by atoms with Crippen LogP contribution in [-0.2, 0) is 14.3 Å². The van der Waals surface area contributed by atoms with E-state index in [1.54, 1.807) is 11.9 Å². The normalized spacial score (nSPS) is 32.3. The van der Waals surface area contributed by atoms with Crippen molar-refractivity contribution in [3.05, 3.63) is 0 Å². The van der Waals surface area contributed by atoms with Crippen LogP contribution >= 0.6 is 0 Å². The molecule has 2 aliphatic heterocycles. The third kappa shape index (κ3) is 2.64. The van der Waals surface area contributed by atoms with Crippen molar-refractivity contribution < 1.29 is 14.3 Å². The molecule has 18 heavy (non-hydrogen) atoms. The number of likely N-dealkylation sites (tertiary alicyclic amines) is 1. The molecule has 0 spiro atoms. The average molecular weight is 255 g/mol. The van der Waals surface area contributed by atoms with Crippen molar-refractivity contribution in [2.75, 3.05) is 33.4 Å². The molecule has 2 rings (SSSR count). The molecular weight excluding hydrogens is 234 g/mol. The lowest BCUT2D eigenvalue weighted by Gasteiger charge is -2.33. The highest BCUT2D eigenvalue weighted by Gasteiger charge is 2.36. The van der Waals surface area contributed by atoms with Crippen molar-refractivity contribution in [2.24, 2.45) is 17.6 Å². The molecule has 6 nitrogen and oxygen atoms in total. The van der Waals surface area contributed by atoms with Crippen LogP contribution < -0.4 is 11.1 Å². The summed E-state index contributed by atoms with van der Waals surface area (Å²) in [6.45, 7) is 2.07. The predicted octanol–water partition coefficient (Wildman–Crippen LogP) is -1.06. The van der Waals surface area contributed by atoms with Gasteiger partial charge >= 0.3 is 0 Å². The molecule has 3 unspecified atom stereocenters. The summed E-state index contributed by atoms with van der Waals surface area (Å²) in [6.07, 6.45) is 1.71. The number of carbonyl (C=O) groups excluding carboxylic acids is 2. The standard InChI is InChI=1S/C12H21N3O3/c1-14-11(16)8-3-2-4-15(5-8)12(17)9-6-18-7-10(9)13/h8-10H,2-7,13H2,1H3,(H,14,16). The topological polar surface area (TPSA) is 84.7 Å². The number of amides is 2. The fraction of sp³-hybridized carbons (Fsp3) is 0.833. The highest BCUT2D eigenvalue weighted by atomic mass is 16.5. The van der Waals surface area contributed by atoms with Crippen LogP contribution in [0, 0.1) is 11.8 Å². The molecule has 2 aliphatic rings. The molecule has 0 radical (unpaired) electrons. The zero-order chi connectivity index (χ0) is 13.1. The molecule has 0 saturated carbocycles. The molecule has 3 atom stereocenters. The third-order valence-corrected chi connectivity index (χ3v) is 3.79. The number of nitrogens with two attached hydrogens (primary N) is 1. The lowest BCUT2D eigenvalue weighted by atomic mass is 9.94. The molecular formula is C12H21N3O3. The zero-order valence-electron chi connectivity index (χ0n) is 10.7. The summed E-state index contributed by atoms with van der Waals surface area (Å²) in [4.78, 5) is 25.7. The van der Waals surface area contributed by atoms with Crippen LogP contribution in [-0.4, -0.2) is 56.1 Å². The number of ether oxygens (including phenoxy) is 1. The van der Waals surface area contributed by atoms with Crippen molar-refractivity contribution in [1.82, 2.24) is 10.2 Å². The number of nitrogens with one attached hydrogen (secondary N) is 1. The average Bonchev–Trinajstić information content (AvgIpc) is 2.83. The molecule has 0 bridgehead atoms. The van der Waals surface area contributed by atoms with Gasteiger partial charge in [0.25, 0.3) is 0 Å². The first kappa shape index (κ1) is 13.3. The van der Waals surface area contributed by atoms with E-state index in [1.807, 2.05) is 0 Å². The maximum absolute atomic E-state index is 12.3. The highest BCUT2D eigenvalue weighted by molar-refractivity contribution is 5.82. The Kier molecular flexibility index (Phi) is 4.19. The number of carbonyl (C=O) groups is 2. The summed E-state index contributed by atoms with van der Waals surface area (Å²) in [5, 5.41) is 2.65. The lowest BCUT2D eigenvalue weighted by molar-refractivity contribution is -0.139. The van der Waals surface area contributed by atoms with Gasteiger partial charge in [0.2, 0.25) is 11.8 Å². The van der Waals surface area contributed by atoms with E-state index in [2.05, 4.69) is 5.32 Å². The van der Waals surface area contributed by atoms with Gasteiger partial charge in [-0.1, -0.05) is 0 Å². The molecule has 2 heterocycles. The van der Waals surface area contributed by atoms with Gasteiger partial charge in [0.1, 0.15) is 0 Å². The molecule has 0 aliphatic carbocycles. The Morgan fingerprint density at radius 2 is 2.17 bits per heavy atom. The molecule has 0 aromatic heterocycles. The summed E-state index contributed by atoms with van der Waals surface area (Å²) >= 11 is 0. The molecule has 3 N–H and O–H groups in total. The fourth-order valence-electron chi connectivity index (χ4n) is 2.66. The molecule has 0 aromatic carbocycles. The smallest absolute Gasteiger partial charge is 0.229 e. The van der Waals surface area contributed by atoms with E-state index >= 15 is 0 Å². The number of rotatable bonds is 2. The van der Waals surface area contributed by atoms with Crippen LogP contribution in [0.25, 0.3) is 0 Å². The number of nitrogens with zero attached hydrogens (tertiary/aromatic N) is 1. The Morgan fingerprint density at radius 3 is 2.78 bits per heavy atom. The van der Waals surface area contributed by atoms with Crippen LogP contribution in [0.15, 0.2) is 0 Å². The van der Waals surface area contributed by atoms with E-state index in [4.69, 9.17) is 10.5 Å². The first-order valence-corrected chi connectivity index (χ1v) is 6.47. The predicted molar refractivity (Wildman–Crippen MR) is 65.7 cm³/mol. The second-order valence-electron chi connectivity index (χ2n) is 5.05. The molecule has 102 valence electrons. The monoisotopic (exact) mass is 255 g/mol. The summed E-state index contributed by atoms with van der Waals surface area (Å²) in [6, 6.07) is -0.210. The minimum atomic E-state index is -0.242. The second kappa shape index (κ2) is 5.67. The maximum atomic E-state index is 12.3. The molecule has 2 saturated heterocycles. The number of hydrogen-bond acceptors (Lipinski definition) is 4. The van der Waals surface area contributed by atoms with Crippen molar-refractivity contribution in [1.29, 1.82) is 0 Å². The Bertz CT molecular complexity index is 335. The summed E-state index contributed by atoms with van der Waals surface area (Å²) in [7, 11) is 1.63. The van der Waals surface area contributed by atoms with Gasteiger partial charge in [0, 0.05) is 26.2 Å². The van der Waals surface area contributed by atoms with Crippen molar-refractivity contribution in [3.63, 3.8) is 0 Å². The SMILES string of the molecule is CNC(=O)C1CCCN(C(=O)C2COCC2N)C1. The van der Waals surface area contributed by atoms with Gasteiger partial charge in [-0.3, -0.25) is 9.59 Å². The van der Waals surface area contributed by atoms with Crippen molar-refractivity contribution >= 4 is 11.8 Å². The Labute approximate surface area is 107 Å². The lowest BCUT2D eigenvalue weighted by Crippen LogP contribution is -2.49. The van der Waals surface area contributed by atoms with Crippen molar-refractivity contribution in [2.45, 2.75) is 18.9 Å². The van der Waals surface area contributed by atoms with E-state index in [0.717, 1.165) is 19.4 Å². The largest absolute Gasteiger partial charge is 0.379 e. The van der Waals surface area contributed by atoms with Gasteiger partial charge in [-0.15, -0.1) is 0 Å². The maximum Gasteiger partial charge on any atom is 0.229 e. The minimum Gasteiger partial charge on any atom is -0.379 e. The van der Waals surface area contributed by atoms with E-state index in [0.29, 0.717) is 19.8 Å². The number of hydrogen-bond donors (Lipinski definition) is 2. The summed E-state index contributed by atoms with van der Waals surface area (Å²) in [5.41, 5.74) is 5.86. The van der Waals surface area contributed by atoms with Crippen LogP contribution in [0.1, 0.15) is 12.8 Å². The Balaban J connectivity index is 1.96. The Hall–Kier alpha value is -1.14. The van der Waals surface area contributed by atoms with Crippen LogP contribution in [0.4, 0.5) is 0 Å². The van der Waals surface area contributed by atoms with Gasteiger partial charge < -0.3 is 20.7 Å². The Morgan fingerprint density at radius 1 is 1.39 bits per heavy atom. The zero-order valence-corrected chi connectivity index (χ0v) is 10.7. The van der Waals surface area contributed by atoms with Crippen LogP contribution in [0.3, 0.4) is 0 Å². The minimum absolute atomic E-state index is 0.0134. The summed E-state index contributed by atoms with van der Waals surface area (Å²) in [5.74, 6) is -0.284. The van der Waals surface area contributed by atoms with Gasteiger partial charge in [-0.05, 0) is 12.8 Å². The van der Waals surface area contributed by atoms with E-state index in [9.17, 15) is 9.59 Å². The second-order valence-corrected chi connectivity index (χ2v) is 5.05. The van der Waals surface area contributed by atoms with Gasteiger partial charge in [0.15, 0.2) is 0 Å². The number of piperidine rings is 1. The van der Waals surface area contributed by atoms with Crippen LogP contribution in [0.2, 0.25) is 0 Å². The summed E-state index contributed by atoms with van der Waals surface area (Å²) < 4.78 is 5.22. The molecule has 6 heteroatoms.